The number of nitrogens with one attached hydrogen (secondary N) is 1. The molecule has 1 aliphatic heterocycles. The molecule has 2 aliphatic rings. The molecule has 1 N–H and O–H groups in total. The number of benzene rings is 1. The lowest BCUT2D eigenvalue weighted by atomic mass is 9.94. The lowest BCUT2D eigenvalue weighted by molar-refractivity contribution is -0.123. The maximum Gasteiger partial charge on any atom is 0.267 e. The number of alkyl halides is 1. The maximum atomic E-state index is 15.7. The van der Waals surface area contributed by atoms with Crippen LogP contribution in [-0.4, -0.2) is 11.6 Å². The predicted molar refractivity (Wildman–Crippen MR) is 74.5 cm³/mol. The van der Waals surface area contributed by atoms with Crippen LogP contribution in [0.2, 0.25) is 0 Å². The van der Waals surface area contributed by atoms with Crippen LogP contribution in [0.15, 0.2) is 36.5 Å². The predicted octanol–water partition coefficient (Wildman–Crippen LogP) is 3.87. The van der Waals surface area contributed by atoms with Gasteiger partial charge in [0.25, 0.3) is 5.85 Å². The Morgan fingerprint density at radius 3 is 2.95 bits per heavy atom. The summed E-state index contributed by atoms with van der Waals surface area (Å²) in [5, 5.41) is 3.03. The number of aromatic nitrogens is 1. The fraction of sp³-hybridized carbons (Fsp3) is 0.312. The molecule has 1 saturated carbocycles. The van der Waals surface area contributed by atoms with Gasteiger partial charge in [-0.2, -0.15) is 0 Å². The lowest BCUT2D eigenvalue weighted by Crippen LogP contribution is -2.32. The summed E-state index contributed by atoms with van der Waals surface area (Å²) in [5.74, 6) is -1.83. The summed E-state index contributed by atoms with van der Waals surface area (Å²) >= 11 is 0. The van der Waals surface area contributed by atoms with E-state index in [2.05, 4.69) is 10.3 Å². The van der Waals surface area contributed by atoms with E-state index in [1.165, 1.54) is 18.2 Å². The van der Waals surface area contributed by atoms with Gasteiger partial charge < -0.3 is 10.1 Å². The standard InChI is InChI=1S/C16H14F2N2O/c17-11-5-6-14-13(8-11)16(18,21-9-10-3-4-10)12-2-1-7-19-15(12)20-14/h1-2,5-8,10H,3-4,9H2,(H,19,20). The number of pyridine rings is 1. The van der Waals surface area contributed by atoms with Gasteiger partial charge in [-0.05, 0) is 49.1 Å². The first-order valence-electron chi connectivity index (χ1n) is 7.02. The maximum absolute atomic E-state index is 15.7. The topological polar surface area (TPSA) is 34.1 Å². The summed E-state index contributed by atoms with van der Waals surface area (Å²) < 4.78 is 34.8. The highest BCUT2D eigenvalue weighted by molar-refractivity contribution is 5.71. The number of rotatable bonds is 3. The van der Waals surface area contributed by atoms with Gasteiger partial charge in [-0.3, -0.25) is 0 Å². The van der Waals surface area contributed by atoms with Gasteiger partial charge >= 0.3 is 0 Å². The van der Waals surface area contributed by atoms with Gasteiger partial charge in [-0.15, -0.1) is 0 Å². The number of hydrogen-bond acceptors (Lipinski definition) is 3. The second-order valence-corrected chi connectivity index (χ2v) is 5.56. The summed E-state index contributed by atoms with van der Waals surface area (Å²) in [6, 6.07) is 7.26. The molecule has 0 spiro atoms. The van der Waals surface area contributed by atoms with Crippen LogP contribution in [0.5, 0.6) is 0 Å². The van der Waals surface area contributed by atoms with Crippen molar-refractivity contribution < 1.29 is 13.5 Å². The van der Waals surface area contributed by atoms with Gasteiger partial charge in [0.1, 0.15) is 11.6 Å². The number of hydrogen-bond donors (Lipinski definition) is 1. The number of ether oxygens (including phenoxy) is 1. The van der Waals surface area contributed by atoms with Gasteiger partial charge in [0, 0.05) is 17.4 Å². The van der Waals surface area contributed by atoms with Crippen LogP contribution in [0.4, 0.5) is 20.3 Å². The molecular formula is C16H14F2N2O. The third kappa shape index (κ3) is 2.08. The molecule has 1 fully saturated rings. The third-order valence-electron chi connectivity index (χ3n) is 3.95. The van der Waals surface area contributed by atoms with Crippen molar-refractivity contribution in [1.82, 2.24) is 4.98 Å². The molecule has 0 bridgehead atoms. The quantitative estimate of drug-likeness (QED) is 0.930. The van der Waals surface area contributed by atoms with Crippen molar-refractivity contribution in [2.45, 2.75) is 18.7 Å². The first-order chi connectivity index (χ1) is 10.2. The van der Waals surface area contributed by atoms with Crippen molar-refractivity contribution in [3.05, 3.63) is 53.5 Å². The minimum atomic E-state index is -2.16. The van der Waals surface area contributed by atoms with Crippen LogP contribution in [-0.2, 0) is 10.6 Å². The smallest absolute Gasteiger partial charge is 0.267 e. The van der Waals surface area contributed by atoms with E-state index in [9.17, 15) is 4.39 Å². The van der Waals surface area contributed by atoms with E-state index in [0.29, 0.717) is 29.6 Å². The van der Waals surface area contributed by atoms with Crippen LogP contribution in [0.3, 0.4) is 0 Å². The van der Waals surface area contributed by atoms with Gasteiger partial charge in [0.05, 0.1) is 12.2 Å². The summed E-state index contributed by atoms with van der Waals surface area (Å²) in [4.78, 5) is 4.15. The minimum absolute atomic E-state index is 0.170. The van der Waals surface area contributed by atoms with Gasteiger partial charge in [0.15, 0.2) is 0 Å². The zero-order valence-electron chi connectivity index (χ0n) is 11.3. The Bertz CT molecular complexity index is 702. The molecule has 5 heteroatoms. The monoisotopic (exact) mass is 288 g/mol. The van der Waals surface area contributed by atoms with E-state index in [4.69, 9.17) is 4.74 Å². The first kappa shape index (κ1) is 12.7. The Labute approximate surface area is 121 Å². The van der Waals surface area contributed by atoms with Crippen LogP contribution in [0.25, 0.3) is 0 Å². The van der Waals surface area contributed by atoms with Crippen LogP contribution < -0.4 is 5.32 Å². The molecule has 4 rings (SSSR count). The Morgan fingerprint density at radius 2 is 2.14 bits per heavy atom. The van der Waals surface area contributed by atoms with E-state index in [1.54, 1.807) is 18.3 Å². The SMILES string of the molecule is Fc1ccc2c(c1)C(F)(OCC1CC1)c1cccnc1N2. The van der Waals surface area contributed by atoms with Crippen molar-refractivity contribution >= 4 is 11.5 Å². The second-order valence-electron chi connectivity index (χ2n) is 5.56. The zero-order valence-corrected chi connectivity index (χ0v) is 11.3. The van der Waals surface area contributed by atoms with Crippen molar-refractivity contribution in [2.75, 3.05) is 11.9 Å². The molecule has 108 valence electrons. The summed E-state index contributed by atoms with van der Waals surface area (Å²) in [7, 11) is 0. The molecule has 0 radical (unpaired) electrons. The number of fused-ring (bicyclic) bond motifs is 2. The third-order valence-corrected chi connectivity index (χ3v) is 3.95. The Hall–Kier alpha value is -2.01. The fourth-order valence-corrected chi connectivity index (χ4v) is 2.60. The highest BCUT2D eigenvalue weighted by Crippen LogP contribution is 2.47. The van der Waals surface area contributed by atoms with Crippen LogP contribution >= 0.6 is 0 Å². The van der Waals surface area contributed by atoms with E-state index < -0.39 is 11.7 Å². The van der Waals surface area contributed by atoms with E-state index >= 15 is 4.39 Å². The number of halogens is 2. The molecule has 1 atom stereocenters. The normalized spacial score (nSPS) is 23.1. The first-order valence-corrected chi connectivity index (χ1v) is 7.02. The molecule has 1 aromatic heterocycles. The lowest BCUT2D eigenvalue weighted by Gasteiger charge is -2.33. The van der Waals surface area contributed by atoms with Gasteiger partial charge in [-0.1, -0.05) is 0 Å². The van der Waals surface area contributed by atoms with Crippen molar-refractivity contribution in [3.8, 4) is 0 Å². The van der Waals surface area contributed by atoms with E-state index in [0.717, 1.165) is 12.8 Å². The number of nitrogens with zero attached hydrogens (tertiary/aromatic N) is 1. The molecule has 0 amide bonds. The molecule has 3 nitrogen and oxygen atoms in total. The van der Waals surface area contributed by atoms with Crippen LogP contribution in [0.1, 0.15) is 24.0 Å². The van der Waals surface area contributed by atoms with Gasteiger partial charge in [0.2, 0.25) is 0 Å². The molecule has 1 aliphatic carbocycles. The van der Waals surface area contributed by atoms with Crippen molar-refractivity contribution in [1.29, 1.82) is 0 Å². The highest BCUT2D eigenvalue weighted by Gasteiger charge is 2.44. The highest BCUT2D eigenvalue weighted by atomic mass is 19.2. The largest absolute Gasteiger partial charge is 0.339 e. The van der Waals surface area contributed by atoms with E-state index in [1.807, 2.05) is 0 Å². The number of anilines is 2. The van der Waals surface area contributed by atoms with Crippen molar-refractivity contribution in [3.63, 3.8) is 0 Å². The summed E-state index contributed by atoms with van der Waals surface area (Å²) in [5.41, 5.74) is 0.952. The molecule has 0 saturated heterocycles. The Morgan fingerprint density at radius 1 is 1.29 bits per heavy atom. The Kier molecular flexibility index (Phi) is 2.72. The van der Waals surface area contributed by atoms with E-state index in [-0.39, 0.29) is 5.56 Å². The average Bonchev–Trinajstić information content (AvgIpc) is 3.31. The molecule has 1 unspecified atom stereocenters. The molecule has 1 aromatic carbocycles. The molecule has 2 aromatic rings. The summed E-state index contributed by atoms with van der Waals surface area (Å²) in [6.07, 6.45) is 3.70. The minimum Gasteiger partial charge on any atom is -0.339 e. The van der Waals surface area contributed by atoms with Gasteiger partial charge in [-0.25, -0.2) is 13.8 Å². The average molecular weight is 288 g/mol. The molecular weight excluding hydrogens is 274 g/mol. The van der Waals surface area contributed by atoms with Crippen LogP contribution in [0, 0.1) is 11.7 Å². The zero-order chi connectivity index (χ0) is 14.4. The molecule has 21 heavy (non-hydrogen) atoms. The Balaban J connectivity index is 1.84. The van der Waals surface area contributed by atoms with Crippen molar-refractivity contribution in [2.24, 2.45) is 5.92 Å². The second kappa shape index (κ2) is 4.49. The fourth-order valence-electron chi connectivity index (χ4n) is 2.60. The summed E-state index contributed by atoms with van der Waals surface area (Å²) in [6.45, 7) is 0.334. The molecule has 2 heterocycles.